The van der Waals surface area contributed by atoms with E-state index in [1.54, 1.807) is 12.1 Å². The molecule has 0 saturated carbocycles. The van der Waals surface area contributed by atoms with Gasteiger partial charge in [0.15, 0.2) is 5.75 Å². The average molecular weight is 298 g/mol. The Morgan fingerprint density at radius 2 is 1.82 bits per heavy atom. The maximum absolute atomic E-state index is 9.25. The Morgan fingerprint density at radius 1 is 1.24 bits per heavy atom. The number of aliphatic hydroxyl groups excluding tert-OH is 1. The smallest absolute Gasteiger partial charge is 0.156 e. The Labute approximate surface area is 114 Å². The van der Waals surface area contributed by atoms with Crippen LogP contribution in [0.1, 0.15) is 0 Å². The first kappa shape index (κ1) is 13.2. The molecule has 0 amide bonds. The average Bonchev–Trinajstić information content (AvgIpc) is 2.19. The Balaban J connectivity index is 2.09. The summed E-state index contributed by atoms with van der Waals surface area (Å²) in [5, 5.41) is 10.4. The maximum Gasteiger partial charge on any atom is 0.156 e. The van der Waals surface area contributed by atoms with E-state index in [9.17, 15) is 5.11 Å². The van der Waals surface area contributed by atoms with Crippen molar-refractivity contribution in [3.8, 4) is 5.75 Å². The molecule has 2 rings (SSSR count). The minimum Gasteiger partial charge on any atom is -0.490 e. The predicted octanol–water partition coefficient (Wildman–Crippen LogP) is 3.03. The Morgan fingerprint density at radius 3 is 2.24 bits per heavy atom. The summed E-state index contributed by atoms with van der Waals surface area (Å²) in [6.45, 7) is 1.28. The summed E-state index contributed by atoms with van der Waals surface area (Å²) in [6, 6.07) is 3.13. The molecule has 1 saturated heterocycles. The molecular formula is C11H11Cl3O3. The molecule has 1 aliphatic heterocycles. The predicted molar refractivity (Wildman–Crippen MR) is 67.3 cm³/mol. The van der Waals surface area contributed by atoms with Gasteiger partial charge >= 0.3 is 0 Å². The molecule has 0 bridgehead atoms. The zero-order chi connectivity index (χ0) is 12.5. The molecule has 6 heteroatoms. The number of aliphatic hydroxyl groups is 1. The Kier molecular flexibility index (Phi) is 4.06. The number of ether oxygens (including phenoxy) is 2. The van der Waals surface area contributed by atoms with Gasteiger partial charge in [-0.1, -0.05) is 34.8 Å². The quantitative estimate of drug-likeness (QED) is 0.928. The van der Waals surface area contributed by atoms with Gasteiger partial charge in [0.05, 0.1) is 35.3 Å². The van der Waals surface area contributed by atoms with Crippen molar-refractivity contribution in [3.63, 3.8) is 0 Å². The molecule has 94 valence electrons. The minimum absolute atomic E-state index is 0.00975. The second-order valence-corrected chi connectivity index (χ2v) is 5.39. The summed E-state index contributed by atoms with van der Waals surface area (Å²) in [4.78, 5) is 0. The molecule has 1 aliphatic rings. The fourth-order valence-electron chi connectivity index (χ4n) is 1.50. The lowest BCUT2D eigenvalue weighted by Crippen LogP contribution is -2.49. The van der Waals surface area contributed by atoms with Gasteiger partial charge in [-0.15, -0.1) is 0 Å². The fraction of sp³-hybridized carbons (Fsp3) is 0.455. The van der Waals surface area contributed by atoms with E-state index in [0.29, 0.717) is 40.6 Å². The van der Waals surface area contributed by atoms with Crippen molar-refractivity contribution >= 4 is 34.8 Å². The van der Waals surface area contributed by atoms with Crippen molar-refractivity contribution in [2.45, 2.75) is 0 Å². The molecule has 0 aromatic heterocycles. The third-order valence-corrected chi connectivity index (χ3v) is 3.42. The van der Waals surface area contributed by atoms with Gasteiger partial charge in [-0.2, -0.15) is 0 Å². The van der Waals surface area contributed by atoms with Crippen LogP contribution in [0.25, 0.3) is 0 Å². The fourth-order valence-corrected chi connectivity index (χ4v) is 2.43. The first-order chi connectivity index (χ1) is 8.06. The van der Waals surface area contributed by atoms with E-state index in [1.807, 2.05) is 0 Å². The van der Waals surface area contributed by atoms with Gasteiger partial charge in [0, 0.05) is 5.02 Å². The van der Waals surface area contributed by atoms with Gasteiger partial charge in [0.25, 0.3) is 0 Å². The van der Waals surface area contributed by atoms with Gasteiger partial charge < -0.3 is 14.6 Å². The normalized spacial score (nSPS) is 17.6. The standard InChI is InChI=1S/C11H11Cl3O3/c12-7-1-8(13)10(9(14)2-7)17-6-11(3-15)4-16-5-11/h1-2,15H,3-6H2. The van der Waals surface area contributed by atoms with Crippen molar-refractivity contribution in [2.75, 3.05) is 26.4 Å². The van der Waals surface area contributed by atoms with Crippen molar-refractivity contribution in [1.29, 1.82) is 0 Å². The first-order valence-electron chi connectivity index (χ1n) is 5.02. The molecular weight excluding hydrogens is 286 g/mol. The largest absolute Gasteiger partial charge is 0.490 e. The highest BCUT2D eigenvalue weighted by molar-refractivity contribution is 6.40. The zero-order valence-electron chi connectivity index (χ0n) is 8.88. The van der Waals surface area contributed by atoms with Gasteiger partial charge in [-0.25, -0.2) is 0 Å². The van der Waals surface area contributed by atoms with Gasteiger partial charge in [-0.05, 0) is 12.1 Å². The van der Waals surface area contributed by atoms with E-state index in [4.69, 9.17) is 44.3 Å². The van der Waals surface area contributed by atoms with Crippen LogP contribution in [-0.4, -0.2) is 31.5 Å². The van der Waals surface area contributed by atoms with Gasteiger partial charge in [0.2, 0.25) is 0 Å². The molecule has 1 aromatic carbocycles. The summed E-state index contributed by atoms with van der Waals surface area (Å²) < 4.78 is 10.6. The Hall–Kier alpha value is -0.190. The van der Waals surface area contributed by atoms with Crippen LogP contribution in [-0.2, 0) is 4.74 Å². The van der Waals surface area contributed by atoms with Crippen LogP contribution in [0.3, 0.4) is 0 Å². The summed E-state index contributed by atoms with van der Waals surface area (Å²) in [6.07, 6.45) is 0. The highest BCUT2D eigenvalue weighted by Crippen LogP contribution is 2.37. The maximum atomic E-state index is 9.25. The SMILES string of the molecule is OCC1(COc2c(Cl)cc(Cl)cc2Cl)COC1. The van der Waals surface area contributed by atoms with Crippen LogP contribution in [0.5, 0.6) is 5.75 Å². The minimum atomic E-state index is -0.341. The molecule has 1 aromatic rings. The lowest BCUT2D eigenvalue weighted by atomic mass is 9.88. The van der Waals surface area contributed by atoms with Crippen LogP contribution in [0.2, 0.25) is 15.1 Å². The molecule has 17 heavy (non-hydrogen) atoms. The van der Waals surface area contributed by atoms with E-state index < -0.39 is 0 Å². The summed E-state index contributed by atoms with van der Waals surface area (Å²) in [7, 11) is 0. The molecule has 0 atom stereocenters. The third kappa shape index (κ3) is 2.80. The second-order valence-electron chi connectivity index (χ2n) is 4.14. The molecule has 0 unspecified atom stereocenters. The van der Waals surface area contributed by atoms with E-state index in [-0.39, 0.29) is 12.0 Å². The topological polar surface area (TPSA) is 38.7 Å². The number of hydrogen-bond donors (Lipinski definition) is 1. The van der Waals surface area contributed by atoms with Crippen molar-refractivity contribution < 1.29 is 14.6 Å². The van der Waals surface area contributed by atoms with E-state index >= 15 is 0 Å². The monoisotopic (exact) mass is 296 g/mol. The molecule has 0 spiro atoms. The lowest BCUT2D eigenvalue weighted by molar-refractivity contribution is -0.153. The van der Waals surface area contributed by atoms with E-state index in [1.165, 1.54) is 0 Å². The third-order valence-electron chi connectivity index (χ3n) is 2.64. The van der Waals surface area contributed by atoms with E-state index in [0.717, 1.165) is 0 Å². The molecule has 1 heterocycles. The molecule has 0 radical (unpaired) electrons. The lowest BCUT2D eigenvalue weighted by Gasteiger charge is -2.39. The highest BCUT2D eigenvalue weighted by atomic mass is 35.5. The van der Waals surface area contributed by atoms with Gasteiger partial charge in [0.1, 0.15) is 6.61 Å². The van der Waals surface area contributed by atoms with Crippen LogP contribution < -0.4 is 4.74 Å². The number of benzene rings is 1. The summed E-state index contributed by atoms with van der Waals surface area (Å²) in [5.41, 5.74) is -0.341. The number of hydrogen-bond acceptors (Lipinski definition) is 3. The Bertz CT molecular complexity index is 390. The van der Waals surface area contributed by atoms with Crippen molar-refractivity contribution in [1.82, 2.24) is 0 Å². The first-order valence-corrected chi connectivity index (χ1v) is 6.16. The van der Waals surface area contributed by atoms with Crippen LogP contribution in [0.4, 0.5) is 0 Å². The van der Waals surface area contributed by atoms with E-state index in [2.05, 4.69) is 0 Å². The number of rotatable bonds is 4. The molecule has 1 fully saturated rings. The highest BCUT2D eigenvalue weighted by Gasteiger charge is 2.39. The molecule has 3 nitrogen and oxygen atoms in total. The van der Waals surface area contributed by atoms with Crippen LogP contribution >= 0.6 is 34.8 Å². The van der Waals surface area contributed by atoms with Crippen LogP contribution in [0.15, 0.2) is 12.1 Å². The summed E-state index contributed by atoms with van der Waals surface area (Å²) >= 11 is 17.8. The number of halogens is 3. The van der Waals surface area contributed by atoms with Crippen molar-refractivity contribution in [2.24, 2.45) is 5.41 Å². The van der Waals surface area contributed by atoms with Crippen LogP contribution in [0, 0.1) is 5.41 Å². The summed E-state index contributed by atoms with van der Waals surface area (Å²) in [5.74, 6) is 0.387. The second kappa shape index (κ2) is 5.21. The molecule has 0 aliphatic carbocycles. The van der Waals surface area contributed by atoms with Gasteiger partial charge in [-0.3, -0.25) is 0 Å². The molecule has 1 N–H and O–H groups in total. The van der Waals surface area contributed by atoms with Crippen molar-refractivity contribution in [3.05, 3.63) is 27.2 Å². The zero-order valence-corrected chi connectivity index (χ0v) is 11.1.